The zero-order chi connectivity index (χ0) is 13.6. The molecule has 0 unspecified atom stereocenters. The smallest absolute Gasteiger partial charge is 0.102 e. The first-order valence-corrected chi connectivity index (χ1v) is 8.10. The van der Waals surface area contributed by atoms with Gasteiger partial charge in [0.1, 0.15) is 26.2 Å². The van der Waals surface area contributed by atoms with Crippen LogP contribution in [0, 0.1) is 0 Å². The maximum Gasteiger partial charge on any atom is 0.102 e. The Morgan fingerprint density at radius 2 is 1.05 bits per heavy atom. The molecular formula is C15H32N2O2+2. The highest BCUT2D eigenvalue weighted by molar-refractivity contribution is 4.53. The summed E-state index contributed by atoms with van der Waals surface area (Å²) in [6.45, 7) is 18.5. The lowest BCUT2D eigenvalue weighted by Crippen LogP contribution is -2.58. The van der Waals surface area contributed by atoms with Gasteiger partial charge < -0.3 is 18.4 Å². The van der Waals surface area contributed by atoms with Crippen molar-refractivity contribution < 1.29 is 18.4 Å². The van der Waals surface area contributed by atoms with Gasteiger partial charge in [0, 0.05) is 6.42 Å². The molecule has 0 radical (unpaired) electrons. The Morgan fingerprint density at radius 3 is 1.37 bits per heavy atom. The lowest BCUT2D eigenvalue weighted by molar-refractivity contribution is -0.951. The van der Waals surface area contributed by atoms with Crippen molar-refractivity contribution in [1.29, 1.82) is 0 Å². The lowest BCUT2D eigenvalue weighted by atomic mass is 10.2. The van der Waals surface area contributed by atoms with Crippen LogP contribution in [0.3, 0.4) is 0 Å². The first kappa shape index (κ1) is 15.2. The second kappa shape index (κ2) is 7.02. The van der Waals surface area contributed by atoms with Gasteiger partial charge in [-0.25, -0.2) is 0 Å². The van der Waals surface area contributed by atoms with Crippen LogP contribution in [0.1, 0.15) is 20.3 Å². The average Bonchev–Trinajstić information content (AvgIpc) is 2.49. The van der Waals surface area contributed by atoms with Gasteiger partial charge in [-0.15, -0.1) is 0 Å². The number of morpholine rings is 2. The summed E-state index contributed by atoms with van der Waals surface area (Å²) in [5, 5.41) is 0. The van der Waals surface area contributed by atoms with Crippen molar-refractivity contribution in [3.05, 3.63) is 0 Å². The molecule has 0 aromatic carbocycles. The molecule has 0 amide bonds. The van der Waals surface area contributed by atoms with Gasteiger partial charge in [-0.1, -0.05) is 0 Å². The zero-order valence-corrected chi connectivity index (χ0v) is 12.9. The SMILES string of the molecule is CC[N+]1(CCC[N+]2(CC)CCOCC2)CCOCC1. The fraction of sp³-hybridized carbons (Fsp3) is 1.00. The summed E-state index contributed by atoms with van der Waals surface area (Å²) in [4.78, 5) is 0. The van der Waals surface area contributed by atoms with Crippen LogP contribution in [0.25, 0.3) is 0 Å². The molecule has 0 atom stereocenters. The average molecular weight is 272 g/mol. The summed E-state index contributed by atoms with van der Waals surface area (Å²) in [5.41, 5.74) is 0. The standard InChI is InChI=1S/C15H32N2O2/c1-3-16(8-12-18-13-9-16)6-5-7-17(4-2)10-14-19-15-11-17/h3-15H2,1-2H3/q+2. The Balaban J connectivity index is 1.80. The van der Waals surface area contributed by atoms with Crippen molar-refractivity contribution >= 4 is 0 Å². The van der Waals surface area contributed by atoms with E-state index < -0.39 is 0 Å². The van der Waals surface area contributed by atoms with E-state index in [1.54, 1.807) is 0 Å². The fourth-order valence-electron chi connectivity index (χ4n) is 3.60. The van der Waals surface area contributed by atoms with Crippen molar-refractivity contribution in [2.45, 2.75) is 20.3 Å². The minimum atomic E-state index is 0.954. The molecule has 0 saturated carbocycles. The number of quaternary nitrogens is 2. The van der Waals surface area contributed by atoms with Gasteiger partial charge in [-0.05, 0) is 13.8 Å². The highest BCUT2D eigenvalue weighted by atomic mass is 16.5. The molecule has 2 heterocycles. The first-order chi connectivity index (χ1) is 9.24. The van der Waals surface area contributed by atoms with Gasteiger partial charge in [-0.2, -0.15) is 0 Å². The van der Waals surface area contributed by atoms with E-state index >= 15 is 0 Å². The second-order valence-electron chi connectivity index (χ2n) is 6.24. The van der Waals surface area contributed by atoms with E-state index in [1.807, 2.05) is 0 Å². The van der Waals surface area contributed by atoms with Crippen LogP contribution in [0.2, 0.25) is 0 Å². The first-order valence-electron chi connectivity index (χ1n) is 8.10. The number of likely N-dealkylation sites (N-methyl/N-ethyl adjacent to an activating group) is 2. The topological polar surface area (TPSA) is 18.5 Å². The summed E-state index contributed by atoms with van der Waals surface area (Å²) in [6, 6.07) is 0. The number of rotatable bonds is 6. The van der Waals surface area contributed by atoms with Crippen LogP contribution in [0.15, 0.2) is 0 Å². The van der Waals surface area contributed by atoms with E-state index in [1.165, 1.54) is 67.7 Å². The van der Waals surface area contributed by atoms with E-state index in [9.17, 15) is 0 Å². The third kappa shape index (κ3) is 3.91. The molecule has 0 bridgehead atoms. The minimum Gasteiger partial charge on any atom is -0.370 e. The molecule has 0 aliphatic carbocycles. The third-order valence-electron chi connectivity index (χ3n) is 5.45. The molecule has 2 rings (SSSR count). The molecule has 0 spiro atoms. The molecule has 112 valence electrons. The Labute approximate surface area is 118 Å². The van der Waals surface area contributed by atoms with Crippen LogP contribution in [-0.2, 0) is 9.47 Å². The summed E-state index contributed by atoms with van der Waals surface area (Å²) in [5.74, 6) is 0. The van der Waals surface area contributed by atoms with E-state index in [4.69, 9.17) is 9.47 Å². The Morgan fingerprint density at radius 1 is 0.684 bits per heavy atom. The Hall–Kier alpha value is -0.160. The predicted octanol–water partition coefficient (Wildman–Crippen LogP) is 1.11. The number of ether oxygens (including phenoxy) is 2. The molecule has 4 nitrogen and oxygen atoms in total. The van der Waals surface area contributed by atoms with Gasteiger partial charge in [0.25, 0.3) is 0 Å². The van der Waals surface area contributed by atoms with Gasteiger partial charge in [-0.3, -0.25) is 0 Å². The lowest BCUT2D eigenvalue weighted by Gasteiger charge is -2.43. The molecule has 2 fully saturated rings. The van der Waals surface area contributed by atoms with Crippen LogP contribution in [-0.4, -0.2) is 87.8 Å². The molecule has 0 aromatic rings. The normalized spacial score (nSPS) is 26.2. The van der Waals surface area contributed by atoms with E-state index in [2.05, 4.69) is 13.8 Å². The molecule has 2 aliphatic heterocycles. The van der Waals surface area contributed by atoms with Crippen molar-refractivity contribution in [2.24, 2.45) is 0 Å². The number of hydrogen-bond donors (Lipinski definition) is 0. The van der Waals surface area contributed by atoms with E-state index in [0.717, 1.165) is 26.4 Å². The van der Waals surface area contributed by atoms with Crippen molar-refractivity contribution in [3.63, 3.8) is 0 Å². The summed E-state index contributed by atoms with van der Waals surface area (Å²) in [6.07, 6.45) is 1.35. The summed E-state index contributed by atoms with van der Waals surface area (Å²) < 4.78 is 13.6. The molecule has 19 heavy (non-hydrogen) atoms. The van der Waals surface area contributed by atoms with Gasteiger partial charge >= 0.3 is 0 Å². The molecule has 0 aromatic heterocycles. The highest BCUT2D eigenvalue weighted by Crippen LogP contribution is 2.16. The van der Waals surface area contributed by atoms with Gasteiger partial charge in [0.05, 0.1) is 52.6 Å². The second-order valence-corrected chi connectivity index (χ2v) is 6.24. The quantitative estimate of drug-likeness (QED) is 0.675. The predicted molar refractivity (Wildman–Crippen MR) is 77.1 cm³/mol. The van der Waals surface area contributed by atoms with Crippen molar-refractivity contribution in [3.8, 4) is 0 Å². The minimum absolute atomic E-state index is 0.954. The van der Waals surface area contributed by atoms with Crippen molar-refractivity contribution in [2.75, 3.05) is 78.8 Å². The van der Waals surface area contributed by atoms with Crippen LogP contribution in [0.5, 0.6) is 0 Å². The van der Waals surface area contributed by atoms with E-state index in [0.29, 0.717) is 0 Å². The van der Waals surface area contributed by atoms with Crippen molar-refractivity contribution in [1.82, 2.24) is 0 Å². The van der Waals surface area contributed by atoms with Gasteiger partial charge in [0.2, 0.25) is 0 Å². The highest BCUT2D eigenvalue weighted by Gasteiger charge is 2.32. The Kier molecular flexibility index (Phi) is 5.63. The fourth-order valence-corrected chi connectivity index (χ4v) is 3.60. The van der Waals surface area contributed by atoms with E-state index in [-0.39, 0.29) is 0 Å². The molecule has 2 saturated heterocycles. The maximum absolute atomic E-state index is 5.53. The van der Waals surface area contributed by atoms with Crippen LogP contribution in [0.4, 0.5) is 0 Å². The number of nitrogens with zero attached hydrogens (tertiary/aromatic N) is 2. The summed E-state index contributed by atoms with van der Waals surface area (Å²) >= 11 is 0. The molecule has 0 N–H and O–H groups in total. The molecule has 2 aliphatic rings. The van der Waals surface area contributed by atoms with Crippen LogP contribution >= 0.6 is 0 Å². The third-order valence-corrected chi connectivity index (χ3v) is 5.45. The molecular weight excluding hydrogens is 240 g/mol. The van der Waals surface area contributed by atoms with Crippen LogP contribution < -0.4 is 0 Å². The summed E-state index contributed by atoms with van der Waals surface area (Å²) in [7, 11) is 0. The Bertz CT molecular complexity index is 233. The van der Waals surface area contributed by atoms with Gasteiger partial charge in [0.15, 0.2) is 0 Å². The number of hydrogen-bond acceptors (Lipinski definition) is 2. The largest absolute Gasteiger partial charge is 0.370 e. The molecule has 4 heteroatoms. The monoisotopic (exact) mass is 272 g/mol. The zero-order valence-electron chi connectivity index (χ0n) is 12.9. The maximum atomic E-state index is 5.53.